The van der Waals surface area contributed by atoms with Crippen molar-refractivity contribution in [2.45, 2.75) is 51.1 Å². The van der Waals surface area contributed by atoms with Gasteiger partial charge in [-0.3, -0.25) is 9.78 Å². The van der Waals surface area contributed by atoms with Crippen LogP contribution in [0.4, 0.5) is 5.69 Å². The summed E-state index contributed by atoms with van der Waals surface area (Å²) in [7, 11) is 3.27. The standard InChI is InChI=1S/C23H29N3O3/c1-28-21-12-16-9-11-26(15-17(16)13-22(21)29-2)23(27)20-14-19(8-10-24-20)25-18-6-4-3-5-7-18/h8,10,12-14,18H,3-7,9,11,15H2,1-2H3,(H,24,25). The summed E-state index contributed by atoms with van der Waals surface area (Å²) in [6, 6.07) is 8.33. The van der Waals surface area contributed by atoms with Crippen LogP contribution in [-0.2, 0) is 13.0 Å². The largest absolute Gasteiger partial charge is 0.493 e. The molecule has 4 rings (SSSR count). The highest BCUT2D eigenvalue weighted by molar-refractivity contribution is 5.93. The second-order valence-corrected chi connectivity index (χ2v) is 7.86. The highest BCUT2D eigenvalue weighted by Gasteiger charge is 2.25. The van der Waals surface area contributed by atoms with Crippen molar-refractivity contribution in [3.8, 4) is 11.5 Å². The third kappa shape index (κ3) is 4.31. The third-order valence-electron chi connectivity index (χ3n) is 5.96. The third-order valence-corrected chi connectivity index (χ3v) is 5.96. The predicted molar refractivity (Wildman–Crippen MR) is 113 cm³/mol. The van der Waals surface area contributed by atoms with Gasteiger partial charge in [0.05, 0.1) is 14.2 Å². The first kappa shape index (κ1) is 19.6. The van der Waals surface area contributed by atoms with Crippen LogP contribution in [0, 0.1) is 0 Å². The molecule has 154 valence electrons. The molecule has 1 saturated carbocycles. The molecule has 1 N–H and O–H groups in total. The summed E-state index contributed by atoms with van der Waals surface area (Å²) in [5, 5.41) is 3.58. The number of fused-ring (bicyclic) bond motifs is 1. The molecule has 2 aromatic rings. The van der Waals surface area contributed by atoms with Gasteiger partial charge in [-0.15, -0.1) is 0 Å². The molecule has 1 aliphatic heterocycles. The highest BCUT2D eigenvalue weighted by atomic mass is 16.5. The number of ether oxygens (including phenoxy) is 2. The number of amides is 1. The normalized spacial score (nSPS) is 16.8. The van der Waals surface area contributed by atoms with Crippen LogP contribution in [0.5, 0.6) is 11.5 Å². The number of hydrogen-bond acceptors (Lipinski definition) is 5. The Kier molecular flexibility index (Phi) is 5.88. The fourth-order valence-electron chi connectivity index (χ4n) is 4.34. The second-order valence-electron chi connectivity index (χ2n) is 7.86. The lowest BCUT2D eigenvalue weighted by molar-refractivity contribution is 0.0728. The number of rotatable bonds is 5. The molecule has 6 nitrogen and oxygen atoms in total. The summed E-state index contributed by atoms with van der Waals surface area (Å²) in [4.78, 5) is 19.3. The fraction of sp³-hybridized carbons (Fsp3) is 0.478. The van der Waals surface area contributed by atoms with Gasteiger partial charge in [0.1, 0.15) is 5.69 Å². The monoisotopic (exact) mass is 395 g/mol. The molecule has 0 bridgehead atoms. The zero-order valence-corrected chi connectivity index (χ0v) is 17.2. The van der Waals surface area contributed by atoms with E-state index >= 15 is 0 Å². The molecule has 1 amide bonds. The van der Waals surface area contributed by atoms with Crippen molar-refractivity contribution in [2.75, 3.05) is 26.1 Å². The van der Waals surface area contributed by atoms with Crippen molar-refractivity contribution in [1.29, 1.82) is 0 Å². The van der Waals surface area contributed by atoms with Crippen LogP contribution in [0.15, 0.2) is 30.5 Å². The minimum absolute atomic E-state index is 0.0299. The van der Waals surface area contributed by atoms with Gasteiger partial charge in [-0.25, -0.2) is 0 Å². The maximum absolute atomic E-state index is 13.1. The minimum Gasteiger partial charge on any atom is -0.493 e. The molecule has 29 heavy (non-hydrogen) atoms. The fourth-order valence-corrected chi connectivity index (χ4v) is 4.34. The van der Waals surface area contributed by atoms with E-state index in [1.165, 1.54) is 37.7 Å². The molecule has 1 aliphatic carbocycles. The Morgan fingerprint density at radius 3 is 2.52 bits per heavy atom. The van der Waals surface area contributed by atoms with E-state index in [1.54, 1.807) is 20.4 Å². The van der Waals surface area contributed by atoms with Gasteiger partial charge in [-0.1, -0.05) is 19.3 Å². The van der Waals surface area contributed by atoms with E-state index in [0.717, 1.165) is 23.4 Å². The lowest BCUT2D eigenvalue weighted by Gasteiger charge is -2.29. The summed E-state index contributed by atoms with van der Waals surface area (Å²) < 4.78 is 10.8. The van der Waals surface area contributed by atoms with Gasteiger partial charge in [0.15, 0.2) is 11.5 Å². The number of anilines is 1. The molecule has 6 heteroatoms. The quantitative estimate of drug-likeness (QED) is 0.828. The predicted octanol–water partition coefficient (Wildman–Crippen LogP) is 4.04. The SMILES string of the molecule is COc1cc2c(cc1OC)CN(C(=O)c1cc(NC3CCCCC3)ccn1)CC2. The van der Waals surface area contributed by atoms with Gasteiger partial charge >= 0.3 is 0 Å². The van der Waals surface area contributed by atoms with Crippen LogP contribution >= 0.6 is 0 Å². The van der Waals surface area contributed by atoms with E-state index in [4.69, 9.17) is 9.47 Å². The van der Waals surface area contributed by atoms with E-state index in [2.05, 4.69) is 10.3 Å². The Morgan fingerprint density at radius 1 is 1.07 bits per heavy atom. The summed E-state index contributed by atoms with van der Waals surface area (Å²) in [5.41, 5.74) is 3.78. The number of carbonyl (C=O) groups excluding carboxylic acids is 1. The van der Waals surface area contributed by atoms with E-state index in [9.17, 15) is 4.79 Å². The maximum atomic E-state index is 13.1. The van der Waals surface area contributed by atoms with Crippen molar-refractivity contribution in [1.82, 2.24) is 9.88 Å². The van der Waals surface area contributed by atoms with Gasteiger partial charge in [0, 0.05) is 31.0 Å². The van der Waals surface area contributed by atoms with E-state index in [-0.39, 0.29) is 5.91 Å². The first-order chi connectivity index (χ1) is 14.2. The number of pyridine rings is 1. The molecule has 0 unspecified atom stereocenters. The van der Waals surface area contributed by atoms with Crippen LogP contribution < -0.4 is 14.8 Å². The molecule has 0 saturated heterocycles. The zero-order chi connectivity index (χ0) is 20.2. The molecule has 1 fully saturated rings. The average Bonchev–Trinajstić information content (AvgIpc) is 2.78. The number of benzene rings is 1. The molecule has 2 heterocycles. The highest BCUT2D eigenvalue weighted by Crippen LogP contribution is 2.33. The first-order valence-electron chi connectivity index (χ1n) is 10.4. The average molecular weight is 396 g/mol. The van der Waals surface area contributed by atoms with Crippen LogP contribution in [0.3, 0.4) is 0 Å². The van der Waals surface area contributed by atoms with Gasteiger partial charge in [-0.2, -0.15) is 0 Å². The number of nitrogens with zero attached hydrogens (tertiary/aromatic N) is 2. The van der Waals surface area contributed by atoms with Crippen LogP contribution in [0.1, 0.15) is 53.7 Å². The number of carbonyl (C=O) groups is 1. The summed E-state index contributed by atoms with van der Waals surface area (Å²) >= 11 is 0. The molecule has 0 radical (unpaired) electrons. The minimum atomic E-state index is -0.0299. The van der Waals surface area contributed by atoms with Crippen LogP contribution in [-0.4, -0.2) is 42.6 Å². The van der Waals surface area contributed by atoms with Crippen molar-refractivity contribution >= 4 is 11.6 Å². The number of hydrogen-bond donors (Lipinski definition) is 1. The van der Waals surface area contributed by atoms with Crippen molar-refractivity contribution in [3.05, 3.63) is 47.3 Å². The van der Waals surface area contributed by atoms with Gasteiger partial charge in [0.25, 0.3) is 5.91 Å². The number of aromatic nitrogens is 1. The molecular weight excluding hydrogens is 366 g/mol. The van der Waals surface area contributed by atoms with Crippen LogP contribution in [0.25, 0.3) is 0 Å². The summed E-state index contributed by atoms with van der Waals surface area (Å²) in [6.07, 6.45) is 8.78. The molecule has 2 aliphatic rings. The van der Waals surface area contributed by atoms with E-state index < -0.39 is 0 Å². The lowest BCUT2D eigenvalue weighted by atomic mass is 9.95. The number of nitrogens with one attached hydrogen (secondary N) is 1. The molecular formula is C23H29N3O3. The molecule has 0 atom stereocenters. The molecule has 1 aromatic heterocycles. The van der Waals surface area contributed by atoms with E-state index in [1.807, 2.05) is 29.2 Å². The Balaban J connectivity index is 1.48. The van der Waals surface area contributed by atoms with Crippen molar-refractivity contribution in [2.24, 2.45) is 0 Å². The van der Waals surface area contributed by atoms with Gasteiger partial charge in [-0.05, 0) is 54.7 Å². The summed E-state index contributed by atoms with van der Waals surface area (Å²) in [6.45, 7) is 1.22. The Bertz CT molecular complexity index is 878. The number of methoxy groups -OCH3 is 2. The first-order valence-corrected chi connectivity index (χ1v) is 10.4. The van der Waals surface area contributed by atoms with Crippen molar-refractivity contribution < 1.29 is 14.3 Å². The topological polar surface area (TPSA) is 63.7 Å². The molecule has 1 aromatic carbocycles. The van der Waals surface area contributed by atoms with Gasteiger partial charge in [0.2, 0.25) is 0 Å². The second kappa shape index (κ2) is 8.72. The lowest BCUT2D eigenvalue weighted by Crippen LogP contribution is -2.36. The Hall–Kier alpha value is -2.76. The van der Waals surface area contributed by atoms with Crippen molar-refractivity contribution in [3.63, 3.8) is 0 Å². The summed E-state index contributed by atoms with van der Waals surface area (Å²) in [5.74, 6) is 1.39. The van der Waals surface area contributed by atoms with Crippen LogP contribution in [0.2, 0.25) is 0 Å². The zero-order valence-electron chi connectivity index (χ0n) is 17.2. The Morgan fingerprint density at radius 2 is 1.79 bits per heavy atom. The smallest absolute Gasteiger partial charge is 0.272 e. The van der Waals surface area contributed by atoms with Gasteiger partial charge < -0.3 is 19.7 Å². The molecule has 0 spiro atoms. The van der Waals surface area contributed by atoms with E-state index in [0.29, 0.717) is 30.6 Å². The maximum Gasteiger partial charge on any atom is 0.272 e. The Labute approximate surface area is 172 Å².